The first-order valence-electron chi connectivity index (χ1n) is 7.26. The molecular formula is C16H19BrN2O2. The van der Waals surface area contributed by atoms with Crippen LogP contribution in [0.1, 0.15) is 38.2 Å². The SMILES string of the molecule is CCOC(=O)C1CCCC(Nc2ccc(Br)cc2C#N)C1. The quantitative estimate of drug-likeness (QED) is 0.837. The summed E-state index contributed by atoms with van der Waals surface area (Å²) in [5.41, 5.74) is 1.44. The molecule has 1 aromatic rings. The summed E-state index contributed by atoms with van der Waals surface area (Å²) < 4.78 is 6.00. The molecule has 2 unspecified atom stereocenters. The third kappa shape index (κ3) is 4.21. The van der Waals surface area contributed by atoms with Gasteiger partial charge in [0.05, 0.1) is 23.8 Å². The minimum Gasteiger partial charge on any atom is -0.466 e. The van der Waals surface area contributed by atoms with Crippen molar-refractivity contribution in [3.05, 3.63) is 28.2 Å². The van der Waals surface area contributed by atoms with E-state index in [2.05, 4.69) is 27.3 Å². The van der Waals surface area contributed by atoms with Crippen LogP contribution in [-0.4, -0.2) is 18.6 Å². The molecule has 2 atom stereocenters. The lowest BCUT2D eigenvalue weighted by Crippen LogP contribution is -2.32. The molecule has 0 aliphatic heterocycles. The predicted octanol–water partition coefficient (Wildman–Crippen LogP) is 3.85. The molecule has 1 aliphatic carbocycles. The molecule has 4 nitrogen and oxygen atoms in total. The number of hydrogen-bond donors (Lipinski definition) is 1. The van der Waals surface area contributed by atoms with E-state index in [1.54, 1.807) is 6.07 Å². The summed E-state index contributed by atoms with van der Waals surface area (Å²) in [7, 11) is 0. The Bertz CT molecular complexity index is 554. The van der Waals surface area contributed by atoms with E-state index in [-0.39, 0.29) is 17.9 Å². The lowest BCUT2D eigenvalue weighted by molar-refractivity contribution is -0.149. The minimum atomic E-state index is -0.0969. The van der Waals surface area contributed by atoms with Crippen LogP contribution in [0.3, 0.4) is 0 Å². The Hall–Kier alpha value is -1.54. The summed E-state index contributed by atoms with van der Waals surface area (Å²) in [4.78, 5) is 11.9. The van der Waals surface area contributed by atoms with E-state index in [0.717, 1.165) is 35.8 Å². The Morgan fingerprint density at radius 2 is 2.33 bits per heavy atom. The van der Waals surface area contributed by atoms with Gasteiger partial charge in [-0.1, -0.05) is 22.4 Å². The fourth-order valence-electron chi connectivity index (χ4n) is 2.75. The fourth-order valence-corrected chi connectivity index (χ4v) is 3.11. The van der Waals surface area contributed by atoms with Gasteiger partial charge in [0.15, 0.2) is 0 Å². The molecule has 0 amide bonds. The standard InChI is InChI=1S/C16H19BrN2O2/c1-2-21-16(20)11-4-3-5-14(9-11)19-15-7-6-13(17)8-12(15)10-18/h6-8,11,14,19H,2-5,9H2,1H3. The largest absolute Gasteiger partial charge is 0.466 e. The van der Waals surface area contributed by atoms with E-state index in [9.17, 15) is 10.1 Å². The first-order valence-corrected chi connectivity index (χ1v) is 8.06. The van der Waals surface area contributed by atoms with E-state index in [0.29, 0.717) is 12.2 Å². The van der Waals surface area contributed by atoms with Gasteiger partial charge in [0.1, 0.15) is 6.07 Å². The normalized spacial score (nSPS) is 21.4. The Kier molecular flexibility index (Phi) is 5.63. The minimum absolute atomic E-state index is 0.0304. The molecular weight excluding hydrogens is 332 g/mol. The molecule has 0 heterocycles. The number of nitrogens with one attached hydrogen (secondary N) is 1. The second-order valence-electron chi connectivity index (χ2n) is 5.26. The number of esters is 1. The molecule has 0 bridgehead atoms. The third-order valence-corrected chi connectivity index (χ3v) is 4.25. The molecule has 1 aromatic carbocycles. The van der Waals surface area contributed by atoms with Crippen molar-refractivity contribution in [1.82, 2.24) is 0 Å². The van der Waals surface area contributed by atoms with Crippen LogP contribution in [0.2, 0.25) is 0 Å². The number of ether oxygens (including phenoxy) is 1. The Morgan fingerprint density at radius 3 is 3.05 bits per heavy atom. The van der Waals surface area contributed by atoms with Gasteiger partial charge in [-0.3, -0.25) is 4.79 Å². The number of carbonyl (C=O) groups excluding carboxylic acids is 1. The molecule has 5 heteroatoms. The zero-order valence-corrected chi connectivity index (χ0v) is 13.6. The van der Waals surface area contributed by atoms with Gasteiger partial charge >= 0.3 is 5.97 Å². The smallest absolute Gasteiger partial charge is 0.308 e. The predicted molar refractivity (Wildman–Crippen MR) is 84.9 cm³/mol. The van der Waals surface area contributed by atoms with Crippen molar-refractivity contribution in [2.24, 2.45) is 5.92 Å². The Labute approximate surface area is 133 Å². The van der Waals surface area contributed by atoms with Gasteiger partial charge in [0.2, 0.25) is 0 Å². The average molecular weight is 351 g/mol. The van der Waals surface area contributed by atoms with Crippen LogP contribution >= 0.6 is 15.9 Å². The number of halogens is 1. The lowest BCUT2D eigenvalue weighted by Gasteiger charge is -2.29. The van der Waals surface area contributed by atoms with E-state index in [1.807, 2.05) is 19.1 Å². The molecule has 0 radical (unpaired) electrons. The monoisotopic (exact) mass is 350 g/mol. The summed E-state index contributed by atoms with van der Waals surface area (Å²) >= 11 is 3.37. The Balaban J connectivity index is 2.03. The number of carbonyl (C=O) groups is 1. The number of anilines is 1. The number of benzene rings is 1. The molecule has 0 aromatic heterocycles. The second kappa shape index (κ2) is 7.46. The van der Waals surface area contributed by atoms with Crippen LogP contribution in [0, 0.1) is 17.2 Å². The fraction of sp³-hybridized carbons (Fsp3) is 0.500. The maximum absolute atomic E-state index is 11.9. The zero-order valence-electron chi connectivity index (χ0n) is 12.1. The number of hydrogen-bond acceptors (Lipinski definition) is 4. The van der Waals surface area contributed by atoms with Crippen LogP contribution in [0.5, 0.6) is 0 Å². The van der Waals surface area contributed by atoms with Crippen LogP contribution in [0.4, 0.5) is 5.69 Å². The highest BCUT2D eigenvalue weighted by Gasteiger charge is 2.28. The van der Waals surface area contributed by atoms with Crippen LogP contribution in [-0.2, 0) is 9.53 Å². The van der Waals surface area contributed by atoms with E-state index < -0.39 is 0 Å². The molecule has 2 rings (SSSR count). The van der Waals surface area contributed by atoms with E-state index in [1.165, 1.54) is 0 Å². The topological polar surface area (TPSA) is 62.1 Å². The highest BCUT2D eigenvalue weighted by molar-refractivity contribution is 9.10. The molecule has 21 heavy (non-hydrogen) atoms. The van der Waals surface area contributed by atoms with Gasteiger partial charge in [0.25, 0.3) is 0 Å². The number of nitrogens with zero attached hydrogens (tertiary/aromatic N) is 1. The summed E-state index contributed by atoms with van der Waals surface area (Å²) in [6, 6.07) is 8.02. The number of nitriles is 1. The van der Waals surface area contributed by atoms with Crippen molar-refractivity contribution in [2.45, 2.75) is 38.6 Å². The molecule has 1 saturated carbocycles. The number of rotatable bonds is 4. The molecule has 112 valence electrons. The van der Waals surface area contributed by atoms with Gasteiger partial charge in [-0.25, -0.2) is 0 Å². The molecule has 1 aliphatic rings. The molecule has 0 saturated heterocycles. The van der Waals surface area contributed by atoms with Crippen LogP contribution in [0.15, 0.2) is 22.7 Å². The zero-order chi connectivity index (χ0) is 15.2. The maximum atomic E-state index is 11.9. The van der Waals surface area contributed by atoms with Gasteiger partial charge in [-0.05, 0) is 44.4 Å². The van der Waals surface area contributed by atoms with Gasteiger partial charge in [-0.2, -0.15) is 5.26 Å². The maximum Gasteiger partial charge on any atom is 0.308 e. The summed E-state index contributed by atoms with van der Waals surface area (Å²) in [5.74, 6) is -0.127. The van der Waals surface area contributed by atoms with Crippen LogP contribution < -0.4 is 5.32 Å². The lowest BCUT2D eigenvalue weighted by atomic mass is 9.85. The summed E-state index contributed by atoms with van der Waals surface area (Å²) in [6.45, 7) is 2.26. The van der Waals surface area contributed by atoms with Crippen molar-refractivity contribution in [3.8, 4) is 6.07 Å². The molecule has 0 spiro atoms. The van der Waals surface area contributed by atoms with Crippen molar-refractivity contribution in [2.75, 3.05) is 11.9 Å². The van der Waals surface area contributed by atoms with Crippen molar-refractivity contribution in [1.29, 1.82) is 5.26 Å². The second-order valence-corrected chi connectivity index (χ2v) is 6.17. The van der Waals surface area contributed by atoms with Crippen molar-refractivity contribution in [3.63, 3.8) is 0 Å². The van der Waals surface area contributed by atoms with Gasteiger partial charge in [-0.15, -0.1) is 0 Å². The summed E-state index contributed by atoms with van der Waals surface area (Å²) in [6.07, 6.45) is 3.67. The first-order chi connectivity index (χ1) is 10.1. The first kappa shape index (κ1) is 15.8. The van der Waals surface area contributed by atoms with Crippen molar-refractivity contribution < 1.29 is 9.53 Å². The van der Waals surface area contributed by atoms with Crippen molar-refractivity contribution >= 4 is 27.6 Å². The molecule has 1 fully saturated rings. The van der Waals surface area contributed by atoms with E-state index >= 15 is 0 Å². The van der Waals surface area contributed by atoms with Gasteiger partial charge in [0, 0.05) is 10.5 Å². The highest BCUT2D eigenvalue weighted by atomic mass is 79.9. The average Bonchev–Trinajstić information content (AvgIpc) is 2.49. The highest BCUT2D eigenvalue weighted by Crippen LogP contribution is 2.29. The third-order valence-electron chi connectivity index (χ3n) is 3.76. The van der Waals surface area contributed by atoms with Gasteiger partial charge < -0.3 is 10.1 Å². The van der Waals surface area contributed by atoms with E-state index in [4.69, 9.17) is 4.74 Å². The molecule has 1 N–H and O–H groups in total. The Morgan fingerprint density at radius 1 is 1.52 bits per heavy atom. The van der Waals surface area contributed by atoms with Crippen LogP contribution in [0.25, 0.3) is 0 Å². The summed E-state index contributed by atoms with van der Waals surface area (Å²) in [5, 5.41) is 12.6.